The van der Waals surface area contributed by atoms with E-state index in [1.54, 1.807) is 15.3 Å². The van der Waals surface area contributed by atoms with Gasteiger partial charge in [-0.25, -0.2) is 0 Å². The zero-order chi connectivity index (χ0) is 15.8. The molecule has 1 atom stereocenters. The molecule has 4 heteroatoms. The van der Waals surface area contributed by atoms with Gasteiger partial charge in [-0.15, -0.1) is 11.3 Å². The molecule has 122 valence electrons. The van der Waals surface area contributed by atoms with Crippen molar-refractivity contribution in [3.05, 3.63) is 55.7 Å². The molecular weight excluding hydrogens is 368 g/mol. The Morgan fingerprint density at radius 2 is 1.91 bits per heavy atom. The van der Waals surface area contributed by atoms with Crippen LogP contribution in [0.25, 0.3) is 0 Å². The van der Waals surface area contributed by atoms with Gasteiger partial charge in [-0.2, -0.15) is 0 Å². The van der Waals surface area contributed by atoms with E-state index < -0.39 is 0 Å². The van der Waals surface area contributed by atoms with E-state index in [0.29, 0.717) is 5.92 Å². The number of nitrogens with zero attached hydrogens (tertiary/aromatic N) is 2. The molecule has 0 saturated carbocycles. The maximum absolute atomic E-state index is 3.55. The van der Waals surface area contributed by atoms with E-state index >= 15 is 0 Å². The Balaban J connectivity index is 1.63. The fraction of sp³-hybridized carbons (Fsp3) is 0.474. The first kappa shape index (κ1) is 15.8. The number of hydrogen-bond donors (Lipinski definition) is 0. The minimum absolute atomic E-state index is 0.514. The normalized spacial score (nSPS) is 22.4. The molecule has 23 heavy (non-hydrogen) atoms. The topological polar surface area (TPSA) is 6.48 Å². The van der Waals surface area contributed by atoms with Crippen molar-refractivity contribution < 1.29 is 0 Å². The summed E-state index contributed by atoms with van der Waals surface area (Å²) in [5.74, 6) is 0.514. The summed E-state index contributed by atoms with van der Waals surface area (Å²) < 4.78 is 1.16. The summed E-state index contributed by atoms with van der Waals surface area (Å²) in [6.07, 6.45) is 2.74. The smallest absolute Gasteiger partial charge is 0.0328 e. The number of fused-ring (bicyclic) bond motifs is 1. The molecule has 0 bridgehead atoms. The lowest BCUT2D eigenvalue weighted by Crippen LogP contribution is -2.29. The zero-order valence-corrected chi connectivity index (χ0v) is 16.0. The molecule has 1 unspecified atom stereocenters. The average molecular weight is 391 g/mol. The molecule has 1 aromatic carbocycles. The summed E-state index contributed by atoms with van der Waals surface area (Å²) in [6, 6.07) is 11.4. The number of thiophene rings is 1. The standard InChI is InChI=1S/C19H23BrN2S/c1-21-12-18(14-4-6-15(20)7-5-14)17-10-16(23-19(17)13-21)11-22-8-2-3-9-22/h4-7,10,18H,2-3,8-9,11-13H2,1H3. The van der Waals surface area contributed by atoms with Crippen molar-refractivity contribution in [3.8, 4) is 0 Å². The summed E-state index contributed by atoms with van der Waals surface area (Å²) in [6.45, 7) is 5.92. The van der Waals surface area contributed by atoms with Gasteiger partial charge in [0.2, 0.25) is 0 Å². The van der Waals surface area contributed by atoms with E-state index in [9.17, 15) is 0 Å². The molecule has 1 fully saturated rings. The van der Waals surface area contributed by atoms with E-state index in [0.717, 1.165) is 24.1 Å². The monoisotopic (exact) mass is 390 g/mol. The van der Waals surface area contributed by atoms with E-state index in [-0.39, 0.29) is 0 Å². The second-order valence-corrected chi connectivity index (χ2v) is 9.01. The van der Waals surface area contributed by atoms with Crippen LogP contribution in [0.2, 0.25) is 0 Å². The number of likely N-dealkylation sites (N-methyl/N-ethyl adjacent to an activating group) is 1. The second kappa shape index (κ2) is 6.67. The summed E-state index contributed by atoms with van der Waals surface area (Å²) in [5.41, 5.74) is 3.01. The molecule has 1 saturated heterocycles. The largest absolute Gasteiger partial charge is 0.300 e. The molecule has 1 aromatic heterocycles. The molecule has 3 heterocycles. The van der Waals surface area contributed by atoms with Gasteiger partial charge in [-0.3, -0.25) is 4.90 Å². The maximum atomic E-state index is 3.55. The van der Waals surface area contributed by atoms with Gasteiger partial charge in [0.15, 0.2) is 0 Å². The Labute approximate surface area is 151 Å². The van der Waals surface area contributed by atoms with Gasteiger partial charge in [-0.05, 0) is 62.3 Å². The lowest BCUT2D eigenvalue weighted by atomic mass is 9.88. The van der Waals surface area contributed by atoms with Gasteiger partial charge >= 0.3 is 0 Å². The quantitative estimate of drug-likeness (QED) is 0.750. The molecular formula is C19H23BrN2S. The molecule has 2 aromatic rings. The van der Waals surface area contributed by atoms with Crippen molar-refractivity contribution in [2.45, 2.75) is 31.8 Å². The van der Waals surface area contributed by atoms with Crippen molar-refractivity contribution in [1.82, 2.24) is 9.80 Å². The third kappa shape index (κ3) is 3.41. The van der Waals surface area contributed by atoms with Crippen LogP contribution in [0.5, 0.6) is 0 Å². The fourth-order valence-corrected chi connectivity index (χ4v) is 5.48. The predicted molar refractivity (Wildman–Crippen MR) is 101 cm³/mol. The van der Waals surface area contributed by atoms with Gasteiger partial charge in [0.25, 0.3) is 0 Å². The Hall–Kier alpha value is -0.680. The molecule has 0 spiro atoms. The first-order chi connectivity index (χ1) is 11.2. The molecule has 2 nitrogen and oxygen atoms in total. The highest BCUT2D eigenvalue weighted by Crippen LogP contribution is 2.38. The summed E-state index contributed by atoms with van der Waals surface area (Å²) in [5, 5.41) is 0. The van der Waals surface area contributed by atoms with Crippen LogP contribution in [-0.2, 0) is 13.1 Å². The van der Waals surface area contributed by atoms with Gasteiger partial charge in [0.05, 0.1) is 0 Å². The van der Waals surface area contributed by atoms with Crippen LogP contribution < -0.4 is 0 Å². The van der Waals surface area contributed by atoms with E-state index in [1.165, 1.54) is 31.5 Å². The van der Waals surface area contributed by atoms with Crippen LogP contribution in [0.3, 0.4) is 0 Å². The Bertz CT molecular complexity index is 673. The number of hydrogen-bond acceptors (Lipinski definition) is 3. The molecule has 2 aliphatic heterocycles. The van der Waals surface area contributed by atoms with Gasteiger partial charge in [0.1, 0.15) is 0 Å². The summed E-state index contributed by atoms with van der Waals surface area (Å²) in [4.78, 5) is 8.19. The number of likely N-dealkylation sites (tertiary alicyclic amines) is 1. The minimum atomic E-state index is 0.514. The van der Waals surface area contributed by atoms with Crippen LogP contribution in [0.1, 0.15) is 39.6 Å². The van der Waals surface area contributed by atoms with E-state index in [2.05, 4.69) is 63.1 Å². The molecule has 4 rings (SSSR count). The van der Waals surface area contributed by atoms with Crippen LogP contribution in [0.15, 0.2) is 34.8 Å². The van der Waals surface area contributed by atoms with E-state index in [4.69, 9.17) is 0 Å². The average Bonchev–Trinajstić information content (AvgIpc) is 3.17. The van der Waals surface area contributed by atoms with Gasteiger partial charge < -0.3 is 4.90 Å². The fourth-order valence-electron chi connectivity index (χ4n) is 3.86. The van der Waals surface area contributed by atoms with Crippen LogP contribution in [0, 0.1) is 0 Å². The SMILES string of the molecule is CN1Cc2sc(CN3CCCC3)cc2C(c2ccc(Br)cc2)C1. The number of halogens is 1. The number of rotatable bonds is 3. The first-order valence-electron chi connectivity index (χ1n) is 8.47. The van der Waals surface area contributed by atoms with Crippen LogP contribution in [-0.4, -0.2) is 36.5 Å². The van der Waals surface area contributed by atoms with E-state index in [1.807, 2.05) is 11.3 Å². The predicted octanol–water partition coefficient (Wildman–Crippen LogP) is 4.68. The van der Waals surface area contributed by atoms with Crippen LogP contribution in [0.4, 0.5) is 0 Å². The third-order valence-electron chi connectivity index (χ3n) is 5.03. The minimum Gasteiger partial charge on any atom is -0.300 e. The second-order valence-electron chi connectivity index (χ2n) is 6.88. The van der Waals surface area contributed by atoms with Crippen LogP contribution >= 0.6 is 27.3 Å². The molecule has 0 aliphatic carbocycles. The molecule has 0 N–H and O–H groups in total. The van der Waals surface area contributed by atoms with Crippen molar-refractivity contribution in [1.29, 1.82) is 0 Å². The lowest BCUT2D eigenvalue weighted by molar-refractivity contribution is 0.299. The Morgan fingerprint density at radius 3 is 2.65 bits per heavy atom. The Kier molecular flexibility index (Phi) is 4.59. The van der Waals surface area contributed by atoms with Gasteiger partial charge in [-0.1, -0.05) is 28.1 Å². The highest BCUT2D eigenvalue weighted by Gasteiger charge is 2.27. The van der Waals surface area contributed by atoms with Crippen molar-refractivity contribution >= 4 is 27.3 Å². The first-order valence-corrected chi connectivity index (χ1v) is 10.1. The molecule has 0 radical (unpaired) electrons. The maximum Gasteiger partial charge on any atom is 0.0328 e. The van der Waals surface area contributed by atoms with Crippen molar-refractivity contribution in [2.24, 2.45) is 0 Å². The summed E-state index contributed by atoms with van der Waals surface area (Å²) in [7, 11) is 2.24. The van der Waals surface area contributed by atoms with Gasteiger partial charge in [0, 0.05) is 39.8 Å². The zero-order valence-electron chi connectivity index (χ0n) is 13.6. The van der Waals surface area contributed by atoms with Crippen molar-refractivity contribution in [2.75, 3.05) is 26.7 Å². The van der Waals surface area contributed by atoms with Crippen molar-refractivity contribution in [3.63, 3.8) is 0 Å². The molecule has 0 amide bonds. The summed E-state index contributed by atoms with van der Waals surface area (Å²) >= 11 is 5.59. The third-order valence-corrected chi connectivity index (χ3v) is 6.68. The highest BCUT2D eigenvalue weighted by atomic mass is 79.9. The highest BCUT2D eigenvalue weighted by molar-refractivity contribution is 9.10. The molecule has 2 aliphatic rings. The lowest BCUT2D eigenvalue weighted by Gasteiger charge is -2.30. The number of benzene rings is 1. The Morgan fingerprint density at radius 1 is 1.17 bits per heavy atom.